The minimum atomic E-state index is -2.61. The highest BCUT2D eigenvalue weighted by molar-refractivity contribution is 6.69. The third-order valence-electron chi connectivity index (χ3n) is 5.47. The largest absolute Gasteiger partial charge is 0.435 e. The SMILES string of the molecule is [B]c1c(Cl)c(Oc2n[nH]c(=O)c(C([B])(C([B])([B])[B])C([B])([B])[B])c2[B])c(Cl)c([B])c1-n1nc(C#N)c(=O)[nH]c1=O. The van der Waals surface area contributed by atoms with E-state index in [1.165, 1.54) is 6.07 Å². The zero-order valence-corrected chi connectivity index (χ0v) is 21.0. The van der Waals surface area contributed by atoms with Crippen LogP contribution in [0, 0.1) is 11.3 Å². The fourth-order valence-corrected chi connectivity index (χ4v) is 3.95. The number of nitrogens with one attached hydrogen (secondary N) is 2. The maximum Gasteiger partial charge on any atom is 0.349 e. The van der Waals surface area contributed by atoms with Crippen LogP contribution in [0.15, 0.2) is 14.4 Å². The number of rotatable bonds is 6. The molecule has 0 bridgehead atoms. The van der Waals surface area contributed by atoms with Gasteiger partial charge in [0.15, 0.2) is 5.75 Å². The average Bonchev–Trinajstić information content (AvgIpc) is 2.81. The Morgan fingerprint density at radius 1 is 0.872 bits per heavy atom. The Labute approximate surface area is 243 Å². The molecule has 3 rings (SSSR count). The molecular formula is C17H2B10Cl2N6O4. The quantitative estimate of drug-likeness (QED) is 0.302. The van der Waals surface area contributed by atoms with Crippen LogP contribution in [0.3, 0.4) is 0 Å². The molecule has 0 saturated carbocycles. The number of aromatic nitrogens is 5. The van der Waals surface area contributed by atoms with Crippen molar-refractivity contribution in [3.63, 3.8) is 0 Å². The topological polar surface area (TPSA) is 147 Å². The van der Waals surface area contributed by atoms with Gasteiger partial charge >= 0.3 is 5.69 Å². The fraction of sp³-hybridized carbons (Fsp3) is 0.176. The summed E-state index contributed by atoms with van der Waals surface area (Å²) in [5, 5.41) is 9.73. The van der Waals surface area contributed by atoms with Crippen LogP contribution in [-0.4, -0.2) is 103 Å². The Hall–Kier alpha value is -2.77. The van der Waals surface area contributed by atoms with E-state index in [-0.39, 0.29) is 0 Å². The average molecular weight is 533 g/mol. The Bertz CT molecular complexity index is 1680. The highest BCUT2D eigenvalue weighted by Crippen LogP contribution is 2.48. The van der Waals surface area contributed by atoms with Crippen molar-refractivity contribution in [1.29, 1.82) is 5.26 Å². The first-order valence-corrected chi connectivity index (χ1v) is 10.8. The van der Waals surface area contributed by atoms with Gasteiger partial charge in [0.05, 0.1) is 70.7 Å². The van der Waals surface area contributed by atoms with Gasteiger partial charge in [-0.15, -0.1) is 20.4 Å². The van der Waals surface area contributed by atoms with Crippen molar-refractivity contribution in [2.45, 2.75) is 15.5 Å². The lowest BCUT2D eigenvalue weighted by Gasteiger charge is -2.55. The highest BCUT2D eigenvalue weighted by Gasteiger charge is 2.47. The number of halogens is 2. The molecule has 0 amide bonds. The molecule has 0 aliphatic carbocycles. The molecule has 0 unspecified atom stereocenters. The number of H-pyrrole nitrogens is 2. The van der Waals surface area contributed by atoms with Gasteiger partial charge in [0, 0.05) is 5.56 Å². The Morgan fingerprint density at radius 2 is 1.38 bits per heavy atom. The number of ether oxygens (including phenoxy) is 1. The standard InChI is InChI=1S/C17H2B10Cl2N6O4/c18-4-3(15(21,16(22,23)24)17(25,26)27)12(37)32-33-13(4)39-10-7(28)5(19)9(6(20)8(10)29)35-14(38)31-11(36)2(1-30)34-35/h(H,32,37)(H,31,36,38). The second-order valence-electron chi connectivity index (χ2n) is 8.19. The Balaban J connectivity index is 2.29. The van der Waals surface area contributed by atoms with Crippen LogP contribution in [0.2, 0.25) is 20.3 Å². The zero-order valence-electron chi connectivity index (χ0n) is 19.5. The van der Waals surface area contributed by atoms with Crippen molar-refractivity contribution >= 4 is 118 Å². The zero-order chi connectivity index (χ0) is 29.8. The summed E-state index contributed by atoms with van der Waals surface area (Å²) in [6.45, 7) is 0. The number of nitriles is 1. The molecule has 3 aromatic rings. The second kappa shape index (κ2) is 10.3. The van der Waals surface area contributed by atoms with Crippen molar-refractivity contribution in [2.24, 2.45) is 0 Å². The number of aromatic amines is 2. The third kappa shape index (κ3) is 5.00. The number of hydrogen-bond acceptors (Lipinski definition) is 7. The van der Waals surface area contributed by atoms with Crippen LogP contribution in [0.25, 0.3) is 5.69 Å². The van der Waals surface area contributed by atoms with Crippen molar-refractivity contribution in [3.8, 4) is 23.4 Å². The van der Waals surface area contributed by atoms with E-state index in [2.05, 4.69) is 10.2 Å². The molecule has 0 spiro atoms. The van der Waals surface area contributed by atoms with Gasteiger partial charge in [-0.25, -0.2) is 9.89 Å². The van der Waals surface area contributed by atoms with Crippen LogP contribution in [0.5, 0.6) is 11.6 Å². The van der Waals surface area contributed by atoms with E-state index in [1.54, 1.807) is 0 Å². The molecule has 0 aliphatic heterocycles. The maximum atomic E-state index is 12.7. The summed E-state index contributed by atoms with van der Waals surface area (Å²) in [6, 6.07) is 1.49. The third-order valence-corrected chi connectivity index (χ3v) is 6.22. The molecule has 0 aliphatic rings. The smallest absolute Gasteiger partial charge is 0.349 e. The molecule has 39 heavy (non-hydrogen) atoms. The predicted octanol–water partition coefficient (Wildman–Crippen LogP) is -5.12. The molecule has 20 radical (unpaired) electrons. The summed E-state index contributed by atoms with van der Waals surface area (Å²) in [7, 11) is 58.8. The summed E-state index contributed by atoms with van der Waals surface area (Å²) in [6.07, 6.45) is 0. The minimum Gasteiger partial charge on any atom is -0.435 e. The lowest BCUT2D eigenvalue weighted by Crippen LogP contribution is -2.58. The van der Waals surface area contributed by atoms with Crippen LogP contribution in [-0.2, 0) is 5.31 Å². The molecule has 1 aromatic carbocycles. The first-order chi connectivity index (χ1) is 17.8. The minimum absolute atomic E-state index is 0.405. The maximum absolute atomic E-state index is 12.7. The van der Waals surface area contributed by atoms with Gasteiger partial charge in [-0.2, -0.15) is 9.94 Å². The molecule has 2 N–H and O–H groups in total. The number of nitrogens with zero attached hydrogens (tertiary/aromatic N) is 4. The molecule has 2 aromatic heterocycles. The van der Waals surface area contributed by atoms with E-state index in [9.17, 15) is 14.4 Å². The summed E-state index contributed by atoms with van der Waals surface area (Å²) in [5.41, 5.74) is -6.66. The van der Waals surface area contributed by atoms with E-state index in [0.717, 1.165) is 0 Å². The highest BCUT2D eigenvalue weighted by atomic mass is 35.5. The van der Waals surface area contributed by atoms with Crippen LogP contribution in [0.4, 0.5) is 0 Å². The molecule has 0 saturated heterocycles. The molecule has 10 nitrogen and oxygen atoms in total. The molecule has 0 atom stereocenters. The Kier molecular flexibility index (Phi) is 8.14. The summed E-state index contributed by atoms with van der Waals surface area (Å²) in [5.74, 6) is -1.12. The van der Waals surface area contributed by atoms with Crippen molar-refractivity contribution in [2.75, 3.05) is 0 Å². The van der Waals surface area contributed by atoms with Crippen molar-refractivity contribution in [1.82, 2.24) is 25.0 Å². The number of hydrogen-bond donors (Lipinski definition) is 2. The van der Waals surface area contributed by atoms with Gasteiger partial charge in [0.2, 0.25) is 11.6 Å². The summed E-state index contributed by atoms with van der Waals surface area (Å²) < 4.78 is 6.08. The summed E-state index contributed by atoms with van der Waals surface area (Å²) in [4.78, 5) is 38.6. The van der Waals surface area contributed by atoms with E-state index < -0.39 is 87.4 Å². The van der Waals surface area contributed by atoms with E-state index in [4.69, 9.17) is 112 Å². The number of benzene rings is 1. The van der Waals surface area contributed by atoms with E-state index in [0.29, 0.717) is 4.68 Å². The van der Waals surface area contributed by atoms with E-state index >= 15 is 0 Å². The van der Waals surface area contributed by atoms with Crippen LogP contribution >= 0.6 is 23.2 Å². The van der Waals surface area contributed by atoms with Gasteiger partial charge in [0.25, 0.3) is 11.1 Å². The molecular weight excluding hydrogens is 531 g/mol. The van der Waals surface area contributed by atoms with Gasteiger partial charge in [-0.05, 0) is 16.4 Å². The van der Waals surface area contributed by atoms with Gasteiger partial charge in [-0.1, -0.05) is 28.5 Å². The van der Waals surface area contributed by atoms with Crippen LogP contribution in [0.1, 0.15) is 11.3 Å². The fourth-order valence-electron chi connectivity index (χ4n) is 3.46. The van der Waals surface area contributed by atoms with E-state index in [1.807, 2.05) is 10.1 Å². The van der Waals surface area contributed by atoms with Crippen LogP contribution < -0.4 is 37.9 Å². The van der Waals surface area contributed by atoms with Gasteiger partial charge in [-0.3, -0.25) is 14.6 Å². The Morgan fingerprint density at radius 3 is 1.85 bits per heavy atom. The second-order valence-corrected chi connectivity index (χ2v) is 8.94. The lowest BCUT2D eigenvalue weighted by molar-refractivity contribution is 0.456. The molecule has 22 heteroatoms. The predicted molar refractivity (Wildman–Crippen MR) is 154 cm³/mol. The van der Waals surface area contributed by atoms with Crippen molar-refractivity contribution in [3.05, 3.63) is 52.5 Å². The first-order valence-electron chi connectivity index (χ1n) is 10.1. The lowest BCUT2D eigenvalue weighted by atomic mass is 9.14. The molecule has 0 fully saturated rings. The molecule has 168 valence electrons. The first kappa shape index (κ1) is 30.8. The summed E-state index contributed by atoms with van der Waals surface area (Å²) >= 11 is 12.7. The molecule has 2 heterocycles. The van der Waals surface area contributed by atoms with Gasteiger partial charge in [0.1, 0.15) is 29.6 Å². The monoisotopic (exact) mass is 534 g/mol. The normalized spacial score (nSPS) is 12.1. The van der Waals surface area contributed by atoms with Gasteiger partial charge < -0.3 is 4.74 Å². The van der Waals surface area contributed by atoms with Crippen molar-refractivity contribution < 1.29 is 4.74 Å².